The van der Waals surface area contributed by atoms with Crippen LogP contribution in [0.4, 0.5) is 9.59 Å². The van der Waals surface area contributed by atoms with Crippen molar-refractivity contribution in [1.82, 2.24) is 46.0 Å². The number of nitrogens with one attached hydrogen (secondary N) is 6. The first kappa shape index (κ1) is 51.3. The van der Waals surface area contributed by atoms with Gasteiger partial charge in [0.2, 0.25) is 31.9 Å². The number of unbranched alkanes of at least 4 members (excludes halogenated alkanes) is 1. The highest BCUT2D eigenvalue weighted by Crippen LogP contribution is 2.41. The minimum absolute atomic E-state index is 0.0319. The lowest BCUT2D eigenvalue weighted by Gasteiger charge is -2.36. The second-order valence-electron chi connectivity index (χ2n) is 17.9. The number of nitrogens with two attached hydrogens (primary N) is 1. The predicted molar refractivity (Wildman–Crippen MR) is 256 cm³/mol. The molecule has 3 saturated heterocycles. The van der Waals surface area contributed by atoms with Crippen molar-refractivity contribution < 1.29 is 40.8 Å². The molecule has 0 spiro atoms. The van der Waals surface area contributed by atoms with Gasteiger partial charge < -0.3 is 41.1 Å². The average molecular weight is 1010 g/mol. The van der Waals surface area contributed by atoms with Gasteiger partial charge in [-0.2, -0.15) is 5.26 Å². The molecule has 23 heteroatoms. The van der Waals surface area contributed by atoms with Gasteiger partial charge in [0.05, 0.1) is 27.5 Å². The third-order valence-corrected chi connectivity index (χ3v) is 15.8. The van der Waals surface area contributed by atoms with Crippen LogP contribution < -0.4 is 41.2 Å². The summed E-state index contributed by atoms with van der Waals surface area (Å²) in [5.74, 6) is -0.389. The predicted octanol–water partition coefficient (Wildman–Crippen LogP) is 1.86. The Hall–Kier alpha value is -5.54. The van der Waals surface area contributed by atoms with Crippen molar-refractivity contribution in [2.75, 3.05) is 65.4 Å². The monoisotopic (exact) mass is 1010 g/mol. The molecule has 6 atom stereocenters. The van der Waals surface area contributed by atoms with E-state index in [1.807, 2.05) is 6.07 Å². The number of halogens is 1. The van der Waals surface area contributed by atoms with E-state index in [1.54, 1.807) is 55.1 Å². The molecular weight excluding hydrogens is 950 g/mol. The molecule has 1 aliphatic carbocycles. The summed E-state index contributed by atoms with van der Waals surface area (Å²) in [5, 5.41) is 29.7. The third-order valence-electron chi connectivity index (χ3n) is 13.1. The number of sulfonamides is 2. The van der Waals surface area contributed by atoms with E-state index < -0.39 is 56.3 Å². The van der Waals surface area contributed by atoms with Crippen LogP contribution in [0.25, 0.3) is 0 Å². The number of primary sulfonamides is 1. The number of nitriles is 1. The molecule has 0 bridgehead atoms. The number of nitrogens with zero attached hydrogens (tertiary/aromatic N) is 4. The number of urea groups is 2. The zero-order valence-corrected chi connectivity index (χ0v) is 41.0. The molecule has 20 nitrogen and oxygen atoms in total. The number of amides is 6. The van der Waals surface area contributed by atoms with E-state index in [1.165, 1.54) is 23.1 Å². The average Bonchev–Trinajstić information content (AvgIpc) is 4.09. The first-order chi connectivity index (χ1) is 32.9. The maximum absolute atomic E-state index is 13.5. The van der Waals surface area contributed by atoms with Gasteiger partial charge >= 0.3 is 12.1 Å². The summed E-state index contributed by atoms with van der Waals surface area (Å²) in [6.45, 7) is 8.11. The standard InChI is InChI=1S/C46H60ClN11O9S2/c1-29(43(59)57-19-13-31(27-57)37-7-3-4-8-41(37)68(49,63)64)53-45(61)51-15-5-6-16-52-46(62)54-30(2)44(60)58-20-14-34(28-58)55-69(65,66)36-11-9-35(10-12-36)67-42-39-24-33(47)23-32(26-48)38(39)25-40(42)56-21-17-50-18-22-56/h3-4,7-12,23-24,29-31,34,40,42,50,55H,5-6,13-22,25,27-28H2,1-2H3,(H2,49,63,64)(H2,51,53,61)(H2,52,54,62)/t29-,30-,31+,34-,40-,42-/m0/s1. The van der Waals surface area contributed by atoms with Crippen LogP contribution >= 0.6 is 11.6 Å². The summed E-state index contributed by atoms with van der Waals surface area (Å²) in [6.07, 6.45) is 2.17. The largest absolute Gasteiger partial charge is 0.484 e. The normalized spacial score (nSPS) is 21.4. The number of carbonyl (C=O) groups is 4. The molecule has 3 aromatic rings. The van der Waals surface area contributed by atoms with Crippen LogP contribution in [0.5, 0.6) is 5.75 Å². The lowest BCUT2D eigenvalue weighted by molar-refractivity contribution is -0.132. The number of hydrogen-bond donors (Lipinski definition) is 7. The number of likely N-dealkylation sites (tertiary alicyclic amines) is 2. The van der Waals surface area contributed by atoms with E-state index in [9.17, 15) is 41.3 Å². The van der Waals surface area contributed by atoms with Crippen LogP contribution in [0.1, 0.15) is 73.8 Å². The quantitative estimate of drug-likeness (QED) is 0.0956. The molecule has 7 rings (SSSR count). The van der Waals surface area contributed by atoms with E-state index in [-0.39, 0.29) is 53.2 Å². The summed E-state index contributed by atoms with van der Waals surface area (Å²) >= 11 is 6.42. The molecular formula is C46H60ClN11O9S2. The minimum Gasteiger partial charge on any atom is -0.484 e. The van der Waals surface area contributed by atoms with Gasteiger partial charge in [0.1, 0.15) is 23.9 Å². The number of piperazine rings is 1. The second kappa shape index (κ2) is 22.5. The SMILES string of the molecule is C[C@H](NC(=O)NCCCCNC(=O)N[C@@H](C)C(=O)N1CC[C@@H](c2ccccc2S(N)(=O)=O)C1)C(=O)N1CC[C@H](NS(=O)(=O)c2ccc(O[C@H]3c4cc(Cl)cc(C#N)c4C[C@@H]3N3CCNCC3)cc2)C1. The topological polar surface area (TPSA) is 277 Å². The van der Waals surface area contributed by atoms with Crippen LogP contribution in [0.3, 0.4) is 0 Å². The van der Waals surface area contributed by atoms with E-state index in [4.69, 9.17) is 21.5 Å². The molecule has 3 heterocycles. The number of carbonyl (C=O) groups excluding carboxylic acids is 4. The van der Waals surface area contributed by atoms with Gasteiger partial charge in [0.25, 0.3) is 0 Å². The highest BCUT2D eigenvalue weighted by Gasteiger charge is 2.41. The van der Waals surface area contributed by atoms with Crippen LogP contribution in [-0.4, -0.2) is 145 Å². The molecule has 0 radical (unpaired) electrons. The summed E-state index contributed by atoms with van der Waals surface area (Å²) < 4.78 is 60.4. The summed E-state index contributed by atoms with van der Waals surface area (Å²) in [5.41, 5.74) is 2.85. The van der Waals surface area contributed by atoms with Gasteiger partial charge in [-0.05, 0) is 105 Å². The number of hydrogen-bond acceptors (Lipinski definition) is 12. The summed E-state index contributed by atoms with van der Waals surface area (Å²) in [4.78, 5) is 57.0. The second-order valence-corrected chi connectivity index (χ2v) is 21.6. The molecule has 4 aliphatic rings. The molecule has 8 N–H and O–H groups in total. The van der Waals surface area contributed by atoms with Crippen molar-refractivity contribution in [3.05, 3.63) is 87.9 Å². The summed E-state index contributed by atoms with van der Waals surface area (Å²) in [6, 6.07) is 15.1. The van der Waals surface area contributed by atoms with E-state index in [2.05, 4.69) is 42.3 Å². The number of fused-ring (bicyclic) bond motifs is 1. The Bertz CT molecular complexity index is 2650. The van der Waals surface area contributed by atoms with Gasteiger partial charge in [0.15, 0.2) is 0 Å². The Morgan fingerprint density at radius 3 is 2.07 bits per heavy atom. The van der Waals surface area contributed by atoms with Gasteiger partial charge in [-0.1, -0.05) is 29.8 Å². The molecule has 372 valence electrons. The van der Waals surface area contributed by atoms with Crippen molar-refractivity contribution in [2.45, 2.75) is 91.9 Å². The van der Waals surface area contributed by atoms with Gasteiger partial charge in [-0.25, -0.2) is 36.3 Å². The first-order valence-electron chi connectivity index (χ1n) is 23.2. The Kier molecular flexibility index (Phi) is 16.7. The van der Waals surface area contributed by atoms with Crippen LogP contribution in [0, 0.1) is 11.3 Å². The van der Waals surface area contributed by atoms with Crippen molar-refractivity contribution in [1.29, 1.82) is 5.26 Å². The fourth-order valence-electron chi connectivity index (χ4n) is 9.54. The fourth-order valence-corrected chi connectivity index (χ4v) is 11.9. The van der Waals surface area contributed by atoms with Crippen molar-refractivity contribution in [2.24, 2.45) is 5.14 Å². The fraction of sp³-hybridized carbons (Fsp3) is 0.500. The lowest BCUT2D eigenvalue weighted by Crippen LogP contribution is -2.50. The van der Waals surface area contributed by atoms with Crippen LogP contribution in [0.15, 0.2) is 70.5 Å². The van der Waals surface area contributed by atoms with Gasteiger partial charge in [0, 0.05) is 82.4 Å². The lowest BCUT2D eigenvalue weighted by atomic mass is 9.98. The van der Waals surface area contributed by atoms with Crippen molar-refractivity contribution >= 4 is 55.5 Å². The van der Waals surface area contributed by atoms with Gasteiger partial charge in [-0.3, -0.25) is 14.5 Å². The zero-order valence-electron chi connectivity index (χ0n) is 38.6. The Balaban J connectivity index is 0.788. The van der Waals surface area contributed by atoms with E-state index in [0.717, 1.165) is 37.3 Å². The Labute approximate surface area is 408 Å². The molecule has 0 unspecified atom stereocenters. The zero-order chi connectivity index (χ0) is 49.5. The van der Waals surface area contributed by atoms with Crippen LogP contribution in [0.2, 0.25) is 5.02 Å². The molecule has 69 heavy (non-hydrogen) atoms. The Morgan fingerprint density at radius 2 is 1.45 bits per heavy atom. The number of rotatable bonds is 17. The van der Waals surface area contributed by atoms with E-state index in [0.29, 0.717) is 73.6 Å². The highest BCUT2D eigenvalue weighted by atomic mass is 35.5. The molecule has 6 amide bonds. The van der Waals surface area contributed by atoms with Crippen LogP contribution in [-0.2, 0) is 36.1 Å². The molecule has 3 aliphatic heterocycles. The molecule has 3 fully saturated rings. The number of ether oxygens (including phenoxy) is 1. The number of benzene rings is 3. The molecule has 0 aromatic heterocycles. The third kappa shape index (κ3) is 12.8. The highest BCUT2D eigenvalue weighted by molar-refractivity contribution is 7.89. The van der Waals surface area contributed by atoms with Gasteiger partial charge in [-0.15, -0.1) is 0 Å². The first-order valence-corrected chi connectivity index (χ1v) is 26.6. The smallest absolute Gasteiger partial charge is 0.315 e. The summed E-state index contributed by atoms with van der Waals surface area (Å²) in [7, 11) is -7.89. The molecule has 3 aromatic carbocycles. The molecule has 0 saturated carbocycles. The maximum atomic E-state index is 13.5. The van der Waals surface area contributed by atoms with Crippen molar-refractivity contribution in [3.63, 3.8) is 0 Å². The maximum Gasteiger partial charge on any atom is 0.315 e. The van der Waals surface area contributed by atoms with E-state index >= 15 is 0 Å². The minimum atomic E-state index is -3.97. The Morgan fingerprint density at radius 1 is 0.841 bits per heavy atom. The van der Waals surface area contributed by atoms with Crippen molar-refractivity contribution in [3.8, 4) is 11.8 Å².